The summed E-state index contributed by atoms with van der Waals surface area (Å²) in [6.45, 7) is 14.8. The van der Waals surface area contributed by atoms with Crippen LogP contribution in [0.5, 0.6) is 0 Å². The third-order valence-corrected chi connectivity index (χ3v) is 8.85. The molecular weight excluding hydrogens is 784 g/mol. The van der Waals surface area contributed by atoms with Crippen molar-refractivity contribution in [3.63, 3.8) is 0 Å². The zero-order chi connectivity index (χ0) is 37.7. The van der Waals surface area contributed by atoms with Crippen molar-refractivity contribution < 1.29 is 19.1 Å². The van der Waals surface area contributed by atoms with Gasteiger partial charge in [0.1, 0.15) is 21.9 Å². The maximum Gasteiger partial charge on any atom is 0.322 e. The number of hydrogen-bond donors (Lipinski definition) is 0. The Balaban J connectivity index is 1.35. The number of halogens is 2. The Morgan fingerprint density at radius 1 is 0.596 bits per heavy atom. The summed E-state index contributed by atoms with van der Waals surface area (Å²) in [7, 11) is 0. The highest BCUT2D eigenvalue weighted by Crippen LogP contribution is 2.23. The molecule has 0 fully saturated rings. The molecule has 52 heavy (non-hydrogen) atoms. The third kappa shape index (κ3) is 12.4. The van der Waals surface area contributed by atoms with E-state index in [0.717, 1.165) is 58.1 Å². The van der Waals surface area contributed by atoms with Crippen LogP contribution >= 0.6 is 31.9 Å². The van der Waals surface area contributed by atoms with Crippen LogP contribution in [0.1, 0.15) is 63.8 Å². The monoisotopic (exact) mass is 830 g/mol. The minimum absolute atomic E-state index is 0.268. The average Bonchev–Trinajstić information content (AvgIpc) is 3.13. The Morgan fingerprint density at radius 3 is 1.27 bits per heavy atom. The molecule has 0 bridgehead atoms. The van der Waals surface area contributed by atoms with Gasteiger partial charge in [-0.15, -0.1) is 0 Å². The SMILES string of the molecule is CCN(CCOC(=O)C(C)(C)Br)c1ccc(/C=C/c2ccnc(-c3cc(/C=C/c4ccc(N(CC)CCOC(=O)C(C)(C)Br)cc4)ccn3)c2)cc1. The number of likely N-dealkylation sites (N-methyl/N-ethyl adjacent to an activating group) is 2. The smallest absolute Gasteiger partial charge is 0.322 e. The lowest BCUT2D eigenvalue weighted by atomic mass is 10.1. The Hall–Kier alpha value is -4.28. The summed E-state index contributed by atoms with van der Waals surface area (Å²) in [4.78, 5) is 37.7. The fraction of sp³-hybridized carbons (Fsp3) is 0.333. The van der Waals surface area contributed by atoms with Gasteiger partial charge in [-0.1, -0.05) is 80.4 Å². The number of carbonyl (C=O) groups excluding carboxylic acids is 2. The van der Waals surface area contributed by atoms with Crippen molar-refractivity contribution in [1.82, 2.24) is 9.97 Å². The van der Waals surface area contributed by atoms with Gasteiger partial charge >= 0.3 is 11.9 Å². The largest absolute Gasteiger partial charge is 0.463 e. The molecule has 0 saturated heterocycles. The van der Waals surface area contributed by atoms with E-state index in [0.29, 0.717) is 26.3 Å². The topological polar surface area (TPSA) is 84.9 Å². The summed E-state index contributed by atoms with van der Waals surface area (Å²) in [6, 6.07) is 24.7. The summed E-state index contributed by atoms with van der Waals surface area (Å²) in [5.41, 5.74) is 7.94. The standard InChI is InChI=1S/C42H48Br2N4O4/c1-7-47(25-27-51-39(49)41(3,4)43)35-17-13-31(14-18-35)9-11-33-21-23-45-37(29-33)38-30-34(22-24-46-38)12-10-32-15-19-36(20-16-32)48(8-2)26-28-52-40(50)42(5,6)44/h9-24,29-30H,7-8,25-28H2,1-6H3/b11-9+,12-10+. The van der Waals surface area contributed by atoms with Crippen molar-refractivity contribution >= 4 is 79.5 Å². The van der Waals surface area contributed by atoms with E-state index in [1.54, 1.807) is 40.1 Å². The molecule has 10 heteroatoms. The lowest BCUT2D eigenvalue weighted by Crippen LogP contribution is -2.32. The van der Waals surface area contributed by atoms with E-state index >= 15 is 0 Å². The number of hydrogen-bond acceptors (Lipinski definition) is 8. The number of aromatic nitrogens is 2. The van der Waals surface area contributed by atoms with E-state index in [1.165, 1.54) is 0 Å². The highest BCUT2D eigenvalue weighted by atomic mass is 79.9. The first-order valence-corrected chi connectivity index (χ1v) is 19.1. The minimum atomic E-state index is -0.688. The number of benzene rings is 2. The van der Waals surface area contributed by atoms with Crippen LogP contribution in [0.25, 0.3) is 35.7 Å². The molecule has 0 amide bonds. The predicted octanol–water partition coefficient (Wildman–Crippen LogP) is 9.57. The van der Waals surface area contributed by atoms with E-state index in [9.17, 15) is 9.59 Å². The maximum atomic E-state index is 12.1. The zero-order valence-electron chi connectivity index (χ0n) is 30.8. The van der Waals surface area contributed by atoms with Crippen molar-refractivity contribution in [2.75, 3.05) is 49.2 Å². The average molecular weight is 833 g/mol. The van der Waals surface area contributed by atoms with Crippen LogP contribution in [0.2, 0.25) is 0 Å². The molecule has 274 valence electrons. The van der Waals surface area contributed by atoms with Crippen LogP contribution in [0, 0.1) is 0 Å². The fourth-order valence-electron chi connectivity index (χ4n) is 5.14. The molecule has 8 nitrogen and oxygen atoms in total. The Morgan fingerprint density at radius 2 is 0.942 bits per heavy atom. The van der Waals surface area contributed by atoms with Gasteiger partial charge in [0.25, 0.3) is 0 Å². The fourth-order valence-corrected chi connectivity index (χ4v) is 5.37. The van der Waals surface area contributed by atoms with Crippen molar-refractivity contribution in [3.8, 4) is 11.4 Å². The highest BCUT2D eigenvalue weighted by Gasteiger charge is 2.26. The Bertz CT molecular complexity index is 1690. The van der Waals surface area contributed by atoms with Gasteiger partial charge in [0.15, 0.2) is 0 Å². The van der Waals surface area contributed by atoms with Gasteiger partial charge in [0.2, 0.25) is 0 Å². The van der Waals surface area contributed by atoms with Crippen LogP contribution in [0.15, 0.2) is 85.2 Å². The number of pyridine rings is 2. The van der Waals surface area contributed by atoms with Crippen molar-refractivity contribution in [1.29, 1.82) is 0 Å². The molecule has 0 saturated carbocycles. The number of esters is 2. The molecule has 0 aliphatic carbocycles. The summed E-state index contributed by atoms with van der Waals surface area (Å²) >= 11 is 6.69. The van der Waals surface area contributed by atoms with Crippen LogP contribution in [0.3, 0.4) is 0 Å². The summed E-state index contributed by atoms with van der Waals surface area (Å²) in [6.07, 6.45) is 11.9. The molecule has 2 aromatic carbocycles. The summed E-state index contributed by atoms with van der Waals surface area (Å²) in [5, 5.41) is 0. The normalized spacial score (nSPS) is 11.9. The van der Waals surface area contributed by atoms with Crippen molar-refractivity contribution in [3.05, 3.63) is 107 Å². The number of alkyl halides is 2. The molecule has 0 radical (unpaired) electrons. The lowest BCUT2D eigenvalue weighted by Gasteiger charge is -2.24. The van der Waals surface area contributed by atoms with E-state index < -0.39 is 8.65 Å². The second kappa shape index (κ2) is 19.0. The number of rotatable bonds is 17. The molecule has 0 unspecified atom stereocenters. The van der Waals surface area contributed by atoms with Gasteiger partial charge < -0.3 is 19.3 Å². The number of nitrogens with zero attached hydrogens (tertiary/aromatic N) is 4. The number of anilines is 2. The second-order valence-electron chi connectivity index (χ2n) is 13.2. The van der Waals surface area contributed by atoms with Crippen molar-refractivity contribution in [2.45, 2.75) is 50.2 Å². The van der Waals surface area contributed by atoms with Gasteiger partial charge in [0, 0.05) is 36.9 Å². The Labute approximate surface area is 325 Å². The molecule has 2 aromatic heterocycles. The van der Waals surface area contributed by atoms with Crippen molar-refractivity contribution in [2.24, 2.45) is 0 Å². The molecule has 0 aliphatic rings. The first-order chi connectivity index (χ1) is 24.8. The summed E-state index contributed by atoms with van der Waals surface area (Å²) in [5.74, 6) is -0.535. The molecule has 0 aliphatic heterocycles. The quantitative estimate of drug-likeness (QED) is 0.0769. The van der Waals surface area contributed by atoms with Gasteiger partial charge in [-0.25, -0.2) is 0 Å². The minimum Gasteiger partial charge on any atom is -0.463 e. The molecule has 4 rings (SSSR count). The van der Waals surface area contributed by atoms with E-state index in [2.05, 4.69) is 138 Å². The molecule has 0 spiro atoms. The first-order valence-electron chi connectivity index (χ1n) is 17.5. The molecule has 0 N–H and O–H groups in total. The molecule has 4 aromatic rings. The van der Waals surface area contributed by atoms with E-state index in [1.807, 2.05) is 24.3 Å². The Kier molecular flexibility index (Phi) is 14.8. The molecule has 0 atom stereocenters. The van der Waals surface area contributed by atoms with Gasteiger partial charge in [0.05, 0.1) is 24.5 Å². The number of ether oxygens (including phenoxy) is 2. The van der Waals surface area contributed by atoms with Crippen LogP contribution in [-0.2, 0) is 19.1 Å². The van der Waals surface area contributed by atoms with E-state index in [4.69, 9.17) is 9.47 Å². The van der Waals surface area contributed by atoms with Gasteiger partial charge in [-0.05, 0) is 112 Å². The van der Waals surface area contributed by atoms with Gasteiger partial charge in [-0.3, -0.25) is 19.6 Å². The predicted molar refractivity (Wildman–Crippen MR) is 222 cm³/mol. The second-order valence-corrected chi connectivity index (χ2v) is 17.1. The summed E-state index contributed by atoms with van der Waals surface area (Å²) < 4.78 is 9.46. The van der Waals surface area contributed by atoms with E-state index in [-0.39, 0.29) is 11.9 Å². The third-order valence-electron chi connectivity index (χ3n) is 8.21. The number of carbonyl (C=O) groups is 2. The molecule has 2 heterocycles. The first kappa shape index (κ1) is 40.5. The van der Waals surface area contributed by atoms with Crippen LogP contribution in [0.4, 0.5) is 11.4 Å². The highest BCUT2D eigenvalue weighted by molar-refractivity contribution is 9.10. The molecular formula is C42H48Br2N4O4. The maximum absolute atomic E-state index is 12.1. The lowest BCUT2D eigenvalue weighted by molar-refractivity contribution is -0.145. The van der Waals surface area contributed by atoms with Crippen LogP contribution < -0.4 is 9.80 Å². The van der Waals surface area contributed by atoms with Crippen LogP contribution in [-0.4, -0.2) is 69.9 Å². The zero-order valence-corrected chi connectivity index (χ0v) is 34.0. The van der Waals surface area contributed by atoms with Gasteiger partial charge in [-0.2, -0.15) is 0 Å².